The molecule has 1 aromatic carbocycles. The number of imidazole rings is 1. The monoisotopic (exact) mass is 277 g/mol. The lowest BCUT2D eigenvalue weighted by atomic mass is 10.3. The first-order valence-electron chi connectivity index (χ1n) is 6.13. The van der Waals surface area contributed by atoms with Crippen LogP contribution in [0.3, 0.4) is 0 Å². The van der Waals surface area contributed by atoms with Gasteiger partial charge in [0.05, 0.1) is 17.5 Å². The highest BCUT2D eigenvalue weighted by Crippen LogP contribution is 2.10. The van der Waals surface area contributed by atoms with Crippen molar-refractivity contribution in [1.29, 1.82) is 0 Å². The molecule has 0 aliphatic heterocycles. The second-order valence-corrected chi connectivity index (χ2v) is 4.41. The fourth-order valence-electron chi connectivity index (χ4n) is 2.02. The van der Waals surface area contributed by atoms with Crippen LogP contribution in [0.5, 0.6) is 0 Å². The van der Waals surface area contributed by atoms with E-state index >= 15 is 0 Å². The van der Waals surface area contributed by atoms with Gasteiger partial charge in [-0.05, 0) is 12.1 Å². The molecule has 0 aliphatic carbocycles. The molecule has 0 saturated carbocycles. The third-order valence-electron chi connectivity index (χ3n) is 3.01. The standard InChI is InChI=1S/C13H15N3O4/c1-15-9-4-2-3-5-10(9)16(13(15)20)8-11(17)14-7-6-12(18)19/h2-5H,6-8H2,1H3,(H,14,17)(H,18,19). The number of rotatable bonds is 5. The summed E-state index contributed by atoms with van der Waals surface area (Å²) in [6.45, 7) is -0.0759. The van der Waals surface area contributed by atoms with Crippen molar-refractivity contribution >= 4 is 22.9 Å². The lowest BCUT2D eigenvalue weighted by molar-refractivity contribution is -0.136. The maximum atomic E-state index is 12.1. The van der Waals surface area contributed by atoms with Crippen molar-refractivity contribution in [2.24, 2.45) is 7.05 Å². The van der Waals surface area contributed by atoms with E-state index in [1.807, 2.05) is 6.07 Å². The highest BCUT2D eigenvalue weighted by Gasteiger charge is 2.12. The Bertz CT molecular complexity index is 714. The number of aliphatic carboxylic acids is 1. The first-order valence-corrected chi connectivity index (χ1v) is 6.13. The Balaban J connectivity index is 2.18. The van der Waals surface area contributed by atoms with Gasteiger partial charge in [-0.2, -0.15) is 0 Å². The average Bonchev–Trinajstić information content (AvgIpc) is 2.64. The van der Waals surface area contributed by atoms with Crippen LogP contribution in [-0.2, 0) is 23.2 Å². The third kappa shape index (κ3) is 2.71. The second kappa shape index (κ2) is 5.60. The van der Waals surface area contributed by atoms with Gasteiger partial charge in [-0.15, -0.1) is 0 Å². The van der Waals surface area contributed by atoms with E-state index in [2.05, 4.69) is 5.32 Å². The van der Waals surface area contributed by atoms with E-state index in [0.29, 0.717) is 5.52 Å². The third-order valence-corrected chi connectivity index (χ3v) is 3.01. The van der Waals surface area contributed by atoms with E-state index < -0.39 is 5.97 Å². The number of para-hydroxylation sites is 2. The molecular weight excluding hydrogens is 262 g/mol. The molecule has 20 heavy (non-hydrogen) atoms. The summed E-state index contributed by atoms with van der Waals surface area (Å²) in [4.78, 5) is 34.1. The number of aromatic nitrogens is 2. The van der Waals surface area contributed by atoms with Crippen LogP contribution in [0.2, 0.25) is 0 Å². The molecule has 0 aliphatic rings. The first-order chi connectivity index (χ1) is 9.50. The number of amides is 1. The zero-order valence-corrected chi connectivity index (χ0v) is 11.0. The summed E-state index contributed by atoms with van der Waals surface area (Å²) in [5, 5.41) is 11.0. The summed E-state index contributed by atoms with van der Waals surface area (Å²) in [6, 6.07) is 7.18. The smallest absolute Gasteiger partial charge is 0.329 e. The predicted octanol–water partition coefficient (Wildman–Crippen LogP) is -0.0691. The number of nitrogens with one attached hydrogen (secondary N) is 1. The van der Waals surface area contributed by atoms with Gasteiger partial charge in [0, 0.05) is 13.6 Å². The van der Waals surface area contributed by atoms with Gasteiger partial charge in [0.1, 0.15) is 6.54 Å². The molecule has 7 heteroatoms. The Morgan fingerprint density at radius 3 is 2.55 bits per heavy atom. The lowest BCUT2D eigenvalue weighted by Crippen LogP contribution is -2.33. The molecule has 2 aromatic rings. The van der Waals surface area contributed by atoms with Crippen molar-refractivity contribution < 1.29 is 14.7 Å². The first kappa shape index (κ1) is 13.9. The predicted molar refractivity (Wildman–Crippen MR) is 72.4 cm³/mol. The van der Waals surface area contributed by atoms with Crippen LogP contribution < -0.4 is 11.0 Å². The van der Waals surface area contributed by atoms with Gasteiger partial charge in [0.2, 0.25) is 5.91 Å². The Kier molecular flexibility index (Phi) is 3.88. The van der Waals surface area contributed by atoms with Crippen molar-refractivity contribution in [2.45, 2.75) is 13.0 Å². The van der Waals surface area contributed by atoms with Gasteiger partial charge >= 0.3 is 11.7 Å². The van der Waals surface area contributed by atoms with Gasteiger partial charge in [0.25, 0.3) is 0 Å². The molecule has 0 bridgehead atoms. The van der Waals surface area contributed by atoms with Gasteiger partial charge in [-0.3, -0.25) is 18.7 Å². The maximum Gasteiger partial charge on any atom is 0.329 e. The number of hydrogen-bond donors (Lipinski definition) is 2. The largest absolute Gasteiger partial charge is 0.481 e. The topological polar surface area (TPSA) is 93.3 Å². The Morgan fingerprint density at radius 2 is 1.90 bits per heavy atom. The van der Waals surface area contributed by atoms with Crippen molar-refractivity contribution in [3.8, 4) is 0 Å². The number of carbonyl (C=O) groups excluding carboxylic acids is 1. The van der Waals surface area contributed by atoms with Crippen LogP contribution in [0.25, 0.3) is 11.0 Å². The number of carbonyl (C=O) groups is 2. The normalized spacial score (nSPS) is 10.7. The fourth-order valence-corrected chi connectivity index (χ4v) is 2.02. The van der Waals surface area contributed by atoms with Crippen LogP contribution >= 0.6 is 0 Å². The summed E-state index contributed by atoms with van der Waals surface area (Å²) >= 11 is 0. The SMILES string of the molecule is Cn1c(=O)n(CC(=O)NCCC(=O)O)c2ccccc21. The van der Waals surface area contributed by atoms with Crippen molar-refractivity contribution in [1.82, 2.24) is 14.5 Å². The number of fused-ring (bicyclic) bond motifs is 1. The van der Waals surface area contributed by atoms with E-state index in [-0.39, 0.29) is 31.1 Å². The van der Waals surface area contributed by atoms with Gasteiger partial charge in [-0.1, -0.05) is 12.1 Å². The fraction of sp³-hybridized carbons (Fsp3) is 0.308. The van der Waals surface area contributed by atoms with E-state index in [0.717, 1.165) is 5.52 Å². The molecule has 7 nitrogen and oxygen atoms in total. The number of hydrogen-bond acceptors (Lipinski definition) is 3. The molecule has 2 rings (SSSR count). The van der Waals surface area contributed by atoms with Gasteiger partial charge < -0.3 is 10.4 Å². The van der Waals surface area contributed by atoms with Crippen LogP contribution in [0.1, 0.15) is 6.42 Å². The molecular formula is C13H15N3O4. The lowest BCUT2D eigenvalue weighted by Gasteiger charge is -2.04. The number of aryl methyl sites for hydroxylation is 1. The zero-order valence-electron chi connectivity index (χ0n) is 11.0. The van der Waals surface area contributed by atoms with Crippen molar-refractivity contribution in [3.63, 3.8) is 0 Å². The molecule has 0 unspecified atom stereocenters. The summed E-state index contributed by atoms with van der Waals surface area (Å²) in [7, 11) is 1.64. The summed E-state index contributed by atoms with van der Waals surface area (Å²) < 4.78 is 2.84. The minimum Gasteiger partial charge on any atom is -0.481 e. The van der Waals surface area contributed by atoms with E-state index in [9.17, 15) is 14.4 Å². The van der Waals surface area contributed by atoms with E-state index in [4.69, 9.17) is 5.11 Å². The van der Waals surface area contributed by atoms with Crippen LogP contribution in [-0.4, -0.2) is 32.7 Å². The molecule has 0 fully saturated rings. The average molecular weight is 277 g/mol. The molecule has 1 aromatic heterocycles. The molecule has 2 N–H and O–H groups in total. The number of carboxylic acid groups (broad SMARTS) is 1. The van der Waals surface area contributed by atoms with E-state index in [1.54, 1.807) is 25.2 Å². The zero-order chi connectivity index (χ0) is 14.7. The van der Waals surface area contributed by atoms with Crippen LogP contribution in [0, 0.1) is 0 Å². The second-order valence-electron chi connectivity index (χ2n) is 4.41. The Hall–Kier alpha value is -2.57. The Morgan fingerprint density at radius 1 is 1.25 bits per heavy atom. The minimum atomic E-state index is -0.979. The molecule has 0 atom stereocenters. The maximum absolute atomic E-state index is 12.1. The highest BCUT2D eigenvalue weighted by atomic mass is 16.4. The summed E-state index contributed by atoms with van der Waals surface area (Å²) in [6.07, 6.45) is -0.143. The van der Waals surface area contributed by atoms with Crippen molar-refractivity contribution in [3.05, 3.63) is 34.7 Å². The molecule has 0 saturated heterocycles. The Labute approximate surface area is 114 Å². The molecule has 106 valence electrons. The van der Waals surface area contributed by atoms with Gasteiger partial charge in [0.15, 0.2) is 0 Å². The molecule has 0 radical (unpaired) electrons. The molecule has 1 heterocycles. The summed E-state index contributed by atoms with van der Waals surface area (Å²) in [5.41, 5.74) is 1.14. The quantitative estimate of drug-likeness (QED) is 0.800. The number of benzene rings is 1. The van der Waals surface area contributed by atoms with Crippen LogP contribution in [0.4, 0.5) is 0 Å². The number of nitrogens with zero attached hydrogens (tertiary/aromatic N) is 2. The summed E-state index contributed by atoms with van der Waals surface area (Å²) in [5.74, 6) is -1.36. The highest BCUT2D eigenvalue weighted by molar-refractivity contribution is 5.81. The van der Waals surface area contributed by atoms with Crippen LogP contribution in [0.15, 0.2) is 29.1 Å². The molecule has 0 spiro atoms. The minimum absolute atomic E-state index is 0.0493. The molecule has 1 amide bonds. The van der Waals surface area contributed by atoms with E-state index in [1.165, 1.54) is 9.13 Å². The number of carboxylic acids is 1. The van der Waals surface area contributed by atoms with Gasteiger partial charge in [-0.25, -0.2) is 4.79 Å². The van der Waals surface area contributed by atoms with Crippen molar-refractivity contribution in [2.75, 3.05) is 6.54 Å².